The standard InChI is InChI=1S/C23H20N2O4S/c24-12-17-16(14-7-3-1-4-8-14)11-18(15-9-5-2-6-10-15)25(23(17)30)22-21(28)20(27)19(26)13-29-22/h1-11,19-22,26-28H,13H2/t19-,20+,21-,22-/m1/s1. The molecule has 0 bridgehead atoms. The minimum Gasteiger partial charge on any atom is -0.388 e. The highest BCUT2D eigenvalue weighted by molar-refractivity contribution is 7.71. The Morgan fingerprint density at radius 1 is 0.933 bits per heavy atom. The van der Waals surface area contributed by atoms with Gasteiger partial charge in [0.2, 0.25) is 0 Å². The van der Waals surface area contributed by atoms with E-state index in [1.165, 1.54) is 0 Å². The highest BCUT2D eigenvalue weighted by Crippen LogP contribution is 2.35. The van der Waals surface area contributed by atoms with Crippen LogP contribution in [0.1, 0.15) is 11.8 Å². The monoisotopic (exact) mass is 420 g/mol. The third-order valence-corrected chi connectivity index (χ3v) is 5.64. The minimum absolute atomic E-state index is 0.165. The van der Waals surface area contributed by atoms with Crippen LogP contribution in [0.4, 0.5) is 0 Å². The normalized spacial score (nSPS) is 23.7. The number of pyridine rings is 1. The zero-order valence-corrected chi connectivity index (χ0v) is 16.7. The van der Waals surface area contributed by atoms with E-state index in [1.54, 1.807) is 4.57 Å². The van der Waals surface area contributed by atoms with Crippen molar-refractivity contribution < 1.29 is 20.1 Å². The van der Waals surface area contributed by atoms with E-state index in [4.69, 9.17) is 17.0 Å². The lowest BCUT2D eigenvalue weighted by atomic mass is 9.97. The first kappa shape index (κ1) is 20.4. The van der Waals surface area contributed by atoms with Crippen LogP contribution in [0.25, 0.3) is 22.4 Å². The highest BCUT2D eigenvalue weighted by atomic mass is 32.1. The van der Waals surface area contributed by atoms with E-state index in [2.05, 4.69) is 6.07 Å². The van der Waals surface area contributed by atoms with Gasteiger partial charge < -0.3 is 24.6 Å². The van der Waals surface area contributed by atoms with Gasteiger partial charge in [0.1, 0.15) is 29.0 Å². The second kappa shape index (κ2) is 8.48. The molecule has 30 heavy (non-hydrogen) atoms. The molecule has 3 aromatic rings. The molecule has 0 spiro atoms. The Morgan fingerprint density at radius 3 is 2.13 bits per heavy atom. The highest BCUT2D eigenvalue weighted by Gasteiger charge is 2.39. The second-order valence-electron chi connectivity index (χ2n) is 7.11. The molecule has 1 fully saturated rings. The predicted octanol–water partition coefficient (Wildman–Crippen LogP) is 3.03. The van der Waals surface area contributed by atoms with Crippen molar-refractivity contribution in [1.29, 1.82) is 5.26 Å². The van der Waals surface area contributed by atoms with Crippen molar-refractivity contribution in [2.45, 2.75) is 24.5 Å². The van der Waals surface area contributed by atoms with Crippen LogP contribution >= 0.6 is 12.2 Å². The molecule has 1 aromatic heterocycles. The van der Waals surface area contributed by atoms with Crippen LogP contribution in [0.3, 0.4) is 0 Å². The van der Waals surface area contributed by atoms with E-state index in [9.17, 15) is 20.6 Å². The molecular weight excluding hydrogens is 400 g/mol. The number of aromatic nitrogens is 1. The molecular formula is C23H20N2O4S. The van der Waals surface area contributed by atoms with Gasteiger partial charge in [-0.2, -0.15) is 5.26 Å². The van der Waals surface area contributed by atoms with E-state index in [1.807, 2.05) is 66.7 Å². The Kier molecular flexibility index (Phi) is 5.77. The first-order valence-electron chi connectivity index (χ1n) is 9.49. The van der Waals surface area contributed by atoms with Crippen molar-refractivity contribution in [3.05, 3.63) is 76.9 Å². The number of ether oxygens (including phenoxy) is 1. The fourth-order valence-corrected chi connectivity index (χ4v) is 4.04. The molecule has 0 aliphatic carbocycles. The smallest absolute Gasteiger partial charge is 0.163 e. The Labute approximate surface area is 178 Å². The zero-order chi connectivity index (χ0) is 21.3. The summed E-state index contributed by atoms with van der Waals surface area (Å²) in [6, 6.07) is 22.9. The molecule has 2 aromatic carbocycles. The van der Waals surface area contributed by atoms with Crippen molar-refractivity contribution in [2.75, 3.05) is 6.61 Å². The van der Waals surface area contributed by atoms with Crippen molar-refractivity contribution in [1.82, 2.24) is 4.57 Å². The summed E-state index contributed by atoms with van der Waals surface area (Å²) in [4.78, 5) is 0. The molecule has 1 aliphatic rings. The lowest BCUT2D eigenvalue weighted by Gasteiger charge is -2.37. The molecule has 2 heterocycles. The average Bonchev–Trinajstić information content (AvgIpc) is 2.79. The topological polar surface area (TPSA) is 98.6 Å². The quantitative estimate of drug-likeness (QED) is 0.564. The van der Waals surface area contributed by atoms with Gasteiger partial charge in [0, 0.05) is 5.56 Å². The molecule has 1 saturated heterocycles. The maximum absolute atomic E-state index is 10.6. The third-order valence-electron chi connectivity index (χ3n) is 5.24. The Hall–Kier alpha value is -2.86. The van der Waals surface area contributed by atoms with E-state index < -0.39 is 24.5 Å². The van der Waals surface area contributed by atoms with E-state index in [-0.39, 0.29) is 16.8 Å². The SMILES string of the molecule is N#Cc1c(-c2ccccc2)cc(-c2ccccc2)n([C@@H]2OC[C@@H](O)[C@H](O)[C@H]2O)c1=S. The van der Waals surface area contributed by atoms with Gasteiger partial charge in [-0.3, -0.25) is 0 Å². The molecule has 1 aliphatic heterocycles. The summed E-state index contributed by atoms with van der Waals surface area (Å²) in [5.41, 5.74) is 3.22. The molecule has 0 unspecified atom stereocenters. The van der Waals surface area contributed by atoms with Gasteiger partial charge in [0.15, 0.2) is 6.23 Å². The maximum Gasteiger partial charge on any atom is 0.163 e. The minimum atomic E-state index is -1.42. The molecule has 152 valence electrons. The molecule has 4 rings (SSSR count). The van der Waals surface area contributed by atoms with Gasteiger partial charge in [-0.1, -0.05) is 72.9 Å². The lowest BCUT2D eigenvalue weighted by Crippen LogP contribution is -2.51. The molecule has 0 saturated carbocycles. The van der Waals surface area contributed by atoms with Crippen molar-refractivity contribution in [2.24, 2.45) is 0 Å². The molecule has 3 N–H and O–H groups in total. The number of nitriles is 1. The fourth-order valence-electron chi connectivity index (χ4n) is 3.68. The summed E-state index contributed by atoms with van der Waals surface area (Å²) in [7, 11) is 0. The van der Waals surface area contributed by atoms with Gasteiger partial charge in [-0.05, 0) is 17.2 Å². The van der Waals surface area contributed by atoms with Crippen molar-refractivity contribution >= 4 is 12.2 Å². The molecule has 0 amide bonds. The first-order valence-corrected chi connectivity index (χ1v) is 9.90. The van der Waals surface area contributed by atoms with Crippen LogP contribution in [0.15, 0.2) is 66.7 Å². The Bertz CT molecular complexity index is 1140. The van der Waals surface area contributed by atoms with Crippen LogP contribution in [0, 0.1) is 16.0 Å². The van der Waals surface area contributed by atoms with E-state index >= 15 is 0 Å². The molecule has 4 atom stereocenters. The fraction of sp³-hybridized carbons (Fsp3) is 0.217. The average molecular weight is 420 g/mol. The number of hydrogen-bond donors (Lipinski definition) is 3. The molecule has 7 heteroatoms. The lowest BCUT2D eigenvalue weighted by molar-refractivity contribution is -0.210. The van der Waals surface area contributed by atoms with Gasteiger partial charge in [-0.25, -0.2) is 0 Å². The van der Waals surface area contributed by atoms with Crippen molar-refractivity contribution in [3.63, 3.8) is 0 Å². The number of hydrogen-bond acceptors (Lipinski definition) is 6. The predicted molar refractivity (Wildman–Crippen MR) is 114 cm³/mol. The summed E-state index contributed by atoms with van der Waals surface area (Å²) in [6.45, 7) is -0.165. The number of aliphatic hydroxyl groups is 3. The van der Waals surface area contributed by atoms with Gasteiger partial charge in [0.25, 0.3) is 0 Å². The number of rotatable bonds is 3. The van der Waals surface area contributed by atoms with Crippen molar-refractivity contribution in [3.8, 4) is 28.5 Å². The van der Waals surface area contributed by atoms with Crippen LogP contribution in [-0.4, -0.2) is 44.8 Å². The Morgan fingerprint density at radius 2 is 1.53 bits per heavy atom. The first-order chi connectivity index (χ1) is 14.5. The van der Waals surface area contributed by atoms with Crippen LogP contribution in [0.2, 0.25) is 0 Å². The van der Waals surface area contributed by atoms with E-state index in [0.29, 0.717) is 11.3 Å². The third kappa shape index (κ3) is 3.56. The van der Waals surface area contributed by atoms with Crippen LogP contribution in [0.5, 0.6) is 0 Å². The molecule has 0 radical (unpaired) electrons. The van der Waals surface area contributed by atoms with E-state index in [0.717, 1.165) is 11.1 Å². The van der Waals surface area contributed by atoms with Crippen LogP contribution < -0.4 is 0 Å². The number of nitrogens with zero attached hydrogens (tertiary/aromatic N) is 2. The van der Waals surface area contributed by atoms with Gasteiger partial charge in [0.05, 0.1) is 17.9 Å². The zero-order valence-electron chi connectivity index (χ0n) is 15.9. The summed E-state index contributed by atoms with van der Waals surface area (Å²) in [6.07, 6.45) is -5.07. The Balaban J connectivity index is 2.00. The summed E-state index contributed by atoms with van der Waals surface area (Å²) in [5, 5.41) is 40.5. The summed E-state index contributed by atoms with van der Waals surface area (Å²) < 4.78 is 7.41. The maximum atomic E-state index is 10.6. The summed E-state index contributed by atoms with van der Waals surface area (Å²) >= 11 is 5.67. The molecule has 6 nitrogen and oxygen atoms in total. The second-order valence-corrected chi connectivity index (χ2v) is 7.50. The van der Waals surface area contributed by atoms with Gasteiger partial charge >= 0.3 is 0 Å². The van der Waals surface area contributed by atoms with Crippen LogP contribution in [-0.2, 0) is 4.74 Å². The number of benzene rings is 2. The number of aliphatic hydroxyl groups excluding tert-OH is 3. The van der Waals surface area contributed by atoms with Gasteiger partial charge in [-0.15, -0.1) is 0 Å². The largest absolute Gasteiger partial charge is 0.388 e. The summed E-state index contributed by atoms with van der Waals surface area (Å²) in [5.74, 6) is 0.